The van der Waals surface area contributed by atoms with Crippen molar-refractivity contribution in [3.63, 3.8) is 0 Å². The Balaban J connectivity index is 0. The van der Waals surface area contributed by atoms with Crippen molar-refractivity contribution in [2.45, 2.75) is 19.9 Å². The van der Waals surface area contributed by atoms with Crippen molar-refractivity contribution in [3.8, 4) is 0 Å². The van der Waals surface area contributed by atoms with Gasteiger partial charge in [-0.3, -0.25) is 0 Å². The first kappa shape index (κ1) is 13.7. The van der Waals surface area contributed by atoms with E-state index in [0.29, 0.717) is 6.54 Å². The molecule has 0 aliphatic rings. The van der Waals surface area contributed by atoms with Crippen molar-refractivity contribution in [3.05, 3.63) is 10.0 Å². The molecular formula is C5H11Cl2N3S. The molecule has 0 saturated carbocycles. The van der Waals surface area contributed by atoms with Crippen LogP contribution in [0.4, 0.5) is 0 Å². The first-order chi connectivity index (χ1) is 4.36. The van der Waals surface area contributed by atoms with Gasteiger partial charge in [-0.05, 0) is 6.42 Å². The highest BCUT2D eigenvalue weighted by molar-refractivity contribution is 7.11. The maximum absolute atomic E-state index is 5.33. The number of halogens is 2. The van der Waals surface area contributed by atoms with Crippen LogP contribution >= 0.6 is 36.2 Å². The average molecular weight is 216 g/mol. The molecule has 0 saturated heterocycles. The quantitative estimate of drug-likeness (QED) is 0.812. The lowest BCUT2D eigenvalue weighted by Crippen LogP contribution is -1.94. The summed E-state index contributed by atoms with van der Waals surface area (Å²) < 4.78 is 0. The predicted molar refractivity (Wildman–Crippen MR) is 51.7 cm³/mol. The van der Waals surface area contributed by atoms with Gasteiger partial charge in [0, 0.05) is 6.54 Å². The molecule has 1 rings (SSSR count). The average Bonchev–Trinajstić information content (AvgIpc) is 2.34. The summed E-state index contributed by atoms with van der Waals surface area (Å²) in [5.41, 5.74) is 5.33. The minimum Gasteiger partial charge on any atom is -0.324 e. The second-order valence-electron chi connectivity index (χ2n) is 1.65. The van der Waals surface area contributed by atoms with Gasteiger partial charge in [0.05, 0.1) is 0 Å². The fourth-order valence-corrected chi connectivity index (χ4v) is 1.18. The number of aryl methyl sites for hydroxylation is 1. The maximum atomic E-state index is 5.33. The van der Waals surface area contributed by atoms with Crippen molar-refractivity contribution < 1.29 is 0 Å². The van der Waals surface area contributed by atoms with E-state index < -0.39 is 0 Å². The van der Waals surface area contributed by atoms with Gasteiger partial charge >= 0.3 is 0 Å². The van der Waals surface area contributed by atoms with Gasteiger partial charge in [-0.15, -0.1) is 46.3 Å². The van der Waals surface area contributed by atoms with E-state index in [4.69, 9.17) is 5.73 Å². The third-order valence-electron chi connectivity index (χ3n) is 0.986. The van der Waals surface area contributed by atoms with Gasteiger partial charge < -0.3 is 5.73 Å². The van der Waals surface area contributed by atoms with Gasteiger partial charge in [0.15, 0.2) is 0 Å². The van der Waals surface area contributed by atoms with Crippen molar-refractivity contribution in [2.75, 3.05) is 0 Å². The number of nitrogens with zero attached hydrogens (tertiary/aromatic N) is 2. The van der Waals surface area contributed by atoms with Gasteiger partial charge in [0.1, 0.15) is 10.0 Å². The van der Waals surface area contributed by atoms with Crippen LogP contribution in [0.25, 0.3) is 0 Å². The summed E-state index contributed by atoms with van der Waals surface area (Å²) in [4.78, 5) is 0. The lowest BCUT2D eigenvalue weighted by molar-refractivity contribution is 0.922. The van der Waals surface area contributed by atoms with Crippen LogP contribution in [0.3, 0.4) is 0 Å². The second-order valence-corrected chi connectivity index (χ2v) is 2.79. The summed E-state index contributed by atoms with van der Waals surface area (Å²) in [5.74, 6) is 0. The molecule has 0 unspecified atom stereocenters. The Morgan fingerprint density at radius 2 is 1.82 bits per heavy atom. The van der Waals surface area contributed by atoms with Crippen molar-refractivity contribution in [1.82, 2.24) is 10.2 Å². The third kappa shape index (κ3) is 3.86. The molecule has 6 heteroatoms. The van der Waals surface area contributed by atoms with E-state index >= 15 is 0 Å². The van der Waals surface area contributed by atoms with Crippen LogP contribution in [-0.2, 0) is 13.0 Å². The van der Waals surface area contributed by atoms with Crippen LogP contribution in [0.5, 0.6) is 0 Å². The Labute approximate surface area is 82.2 Å². The van der Waals surface area contributed by atoms with Crippen LogP contribution in [0.2, 0.25) is 0 Å². The molecule has 3 nitrogen and oxygen atoms in total. The molecule has 0 fully saturated rings. The zero-order chi connectivity index (χ0) is 6.69. The molecule has 0 spiro atoms. The summed E-state index contributed by atoms with van der Waals surface area (Å²) >= 11 is 1.59. The van der Waals surface area contributed by atoms with E-state index in [0.717, 1.165) is 16.4 Å². The number of hydrogen-bond donors (Lipinski definition) is 1. The van der Waals surface area contributed by atoms with Crippen LogP contribution < -0.4 is 5.73 Å². The molecule has 0 aliphatic carbocycles. The van der Waals surface area contributed by atoms with E-state index in [9.17, 15) is 0 Å². The zero-order valence-electron chi connectivity index (χ0n) is 6.11. The minimum atomic E-state index is 0. The van der Waals surface area contributed by atoms with E-state index in [1.807, 2.05) is 0 Å². The minimum absolute atomic E-state index is 0. The molecule has 0 radical (unpaired) electrons. The lowest BCUT2D eigenvalue weighted by atomic mass is 10.5. The maximum Gasteiger partial charge on any atom is 0.131 e. The molecule has 0 aromatic carbocycles. The molecule has 0 atom stereocenters. The number of nitrogens with two attached hydrogens (primary N) is 1. The standard InChI is InChI=1S/C5H9N3S.2ClH/c1-2-4-7-8-5(3-6)9-4;;/h2-3,6H2,1H3;2*1H. The molecule has 0 bridgehead atoms. The lowest BCUT2D eigenvalue weighted by Gasteiger charge is -1.79. The molecular weight excluding hydrogens is 205 g/mol. The Morgan fingerprint density at radius 3 is 2.09 bits per heavy atom. The van der Waals surface area contributed by atoms with Gasteiger partial charge in [0.2, 0.25) is 0 Å². The highest BCUT2D eigenvalue weighted by Gasteiger charge is 1.97. The number of rotatable bonds is 2. The van der Waals surface area contributed by atoms with E-state index in [2.05, 4.69) is 17.1 Å². The smallest absolute Gasteiger partial charge is 0.131 e. The topological polar surface area (TPSA) is 51.8 Å². The van der Waals surface area contributed by atoms with Crippen LogP contribution in [0.15, 0.2) is 0 Å². The highest BCUT2D eigenvalue weighted by atomic mass is 35.5. The monoisotopic (exact) mass is 215 g/mol. The summed E-state index contributed by atoms with van der Waals surface area (Å²) in [6, 6.07) is 0. The van der Waals surface area contributed by atoms with E-state index in [1.165, 1.54) is 0 Å². The molecule has 66 valence electrons. The molecule has 1 heterocycles. The van der Waals surface area contributed by atoms with Gasteiger partial charge in [-0.25, -0.2) is 0 Å². The Bertz CT molecular complexity index is 173. The molecule has 1 aromatic rings. The highest BCUT2D eigenvalue weighted by Crippen LogP contribution is 2.07. The second kappa shape index (κ2) is 6.79. The fraction of sp³-hybridized carbons (Fsp3) is 0.600. The van der Waals surface area contributed by atoms with Crippen molar-refractivity contribution in [2.24, 2.45) is 5.73 Å². The van der Waals surface area contributed by atoms with Crippen LogP contribution in [0, 0.1) is 0 Å². The first-order valence-electron chi connectivity index (χ1n) is 2.88. The number of hydrogen-bond acceptors (Lipinski definition) is 4. The van der Waals surface area contributed by atoms with Crippen LogP contribution in [0.1, 0.15) is 16.9 Å². The van der Waals surface area contributed by atoms with Crippen molar-refractivity contribution >= 4 is 36.2 Å². The zero-order valence-corrected chi connectivity index (χ0v) is 8.56. The fourth-order valence-electron chi connectivity index (χ4n) is 0.514. The molecule has 2 N–H and O–H groups in total. The Hall–Kier alpha value is 0.1000. The Kier molecular flexibility index (Phi) is 8.44. The summed E-state index contributed by atoms with van der Waals surface area (Å²) in [7, 11) is 0. The summed E-state index contributed by atoms with van der Waals surface area (Å²) in [6.45, 7) is 2.57. The van der Waals surface area contributed by atoms with Gasteiger partial charge in [0.25, 0.3) is 0 Å². The molecule has 0 aliphatic heterocycles. The Morgan fingerprint density at radius 1 is 1.27 bits per heavy atom. The predicted octanol–water partition coefficient (Wildman–Crippen LogP) is 1.40. The summed E-state index contributed by atoms with van der Waals surface area (Å²) in [6.07, 6.45) is 0.956. The molecule has 1 aromatic heterocycles. The third-order valence-corrected chi connectivity index (χ3v) is 2.08. The first-order valence-corrected chi connectivity index (χ1v) is 3.69. The van der Waals surface area contributed by atoms with Gasteiger partial charge in [-0.2, -0.15) is 0 Å². The van der Waals surface area contributed by atoms with E-state index in [-0.39, 0.29) is 24.8 Å². The SMILES string of the molecule is CCc1nnc(CN)s1.Cl.Cl. The number of aromatic nitrogens is 2. The normalized spacial score (nSPS) is 8.18. The molecule has 0 amide bonds. The largest absolute Gasteiger partial charge is 0.324 e. The van der Waals surface area contributed by atoms with E-state index in [1.54, 1.807) is 11.3 Å². The van der Waals surface area contributed by atoms with Gasteiger partial charge in [-0.1, -0.05) is 6.92 Å². The molecule has 11 heavy (non-hydrogen) atoms. The van der Waals surface area contributed by atoms with Crippen LogP contribution in [-0.4, -0.2) is 10.2 Å². The summed E-state index contributed by atoms with van der Waals surface area (Å²) in [5, 5.41) is 9.73. The van der Waals surface area contributed by atoms with Crippen molar-refractivity contribution in [1.29, 1.82) is 0 Å².